The van der Waals surface area contributed by atoms with E-state index in [1.807, 2.05) is 13.0 Å². The van der Waals surface area contributed by atoms with Crippen LogP contribution in [0.1, 0.15) is 128 Å². The first kappa shape index (κ1) is 38.0. The Morgan fingerprint density at radius 3 is 1.14 bits per heavy atom. The highest BCUT2D eigenvalue weighted by atomic mass is 16.4. The van der Waals surface area contributed by atoms with E-state index >= 15 is 0 Å². The zero-order chi connectivity index (χ0) is 26.4. The average Bonchev–Trinajstić information content (AvgIpc) is 2.72. The molecule has 0 aliphatic carbocycles. The van der Waals surface area contributed by atoms with E-state index in [2.05, 4.69) is 85.8 Å². The molecule has 0 fully saturated rings. The molecule has 0 aromatic rings. The molecule has 0 unspecified atom stereocenters. The second kappa shape index (κ2) is 25.5. The summed E-state index contributed by atoms with van der Waals surface area (Å²) < 4.78 is 0. The third-order valence-corrected chi connectivity index (χ3v) is 5.48. The average molecular weight is 487 g/mol. The van der Waals surface area contributed by atoms with Crippen LogP contribution >= 0.6 is 0 Å². The van der Waals surface area contributed by atoms with Gasteiger partial charge in [-0.3, -0.25) is 0 Å². The summed E-state index contributed by atoms with van der Waals surface area (Å²) >= 11 is 0. The maximum Gasteiger partial charge on any atom is 0.455 e. The van der Waals surface area contributed by atoms with Gasteiger partial charge in [-0.2, -0.15) is 0 Å². The molecular formula is C32H59BO2. The smallest absolute Gasteiger partial charge is 0.427 e. The Kier molecular flexibility index (Phi) is 27.7. The first-order chi connectivity index (χ1) is 16.0. The minimum absolute atomic E-state index is 0. The summed E-state index contributed by atoms with van der Waals surface area (Å²) in [5.41, 5.74) is 8.51. The Bertz CT molecular complexity index is 695. The van der Waals surface area contributed by atoms with Crippen molar-refractivity contribution >= 4 is 7.12 Å². The lowest BCUT2D eigenvalue weighted by Crippen LogP contribution is -2.08. The fraction of sp³-hybridized carbons (Fsp3) is 0.625. The predicted octanol–water partition coefficient (Wildman–Crippen LogP) is 10.3. The summed E-state index contributed by atoms with van der Waals surface area (Å²) in [5.74, 6) is 0. The van der Waals surface area contributed by atoms with Gasteiger partial charge in [-0.05, 0) is 113 Å². The molecule has 2 nitrogen and oxygen atoms in total. The SMILES string of the molecule is C.CC(C)=CCC/C(C)=C/CC/C(C)=C/CB(O)O.CC/C=C(\C)CC/C=C(\C)CCC=C(C)C. The molecule has 0 spiro atoms. The van der Waals surface area contributed by atoms with E-state index in [9.17, 15) is 0 Å². The maximum absolute atomic E-state index is 8.75. The molecule has 0 radical (unpaired) electrons. The van der Waals surface area contributed by atoms with E-state index in [0.717, 1.165) is 32.1 Å². The van der Waals surface area contributed by atoms with Crippen LogP contribution in [0.5, 0.6) is 0 Å². The Balaban J connectivity index is -0.000000573. The minimum Gasteiger partial charge on any atom is -0.427 e. The monoisotopic (exact) mass is 486 g/mol. The summed E-state index contributed by atoms with van der Waals surface area (Å²) in [6.07, 6.45) is 24.1. The number of rotatable bonds is 15. The predicted molar refractivity (Wildman–Crippen MR) is 163 cm³/mol. The lowest BCUT2D eigenvalue weighted by atomic mass is 9.85. The Morgan fingerprint density at radius 1 is 0.514 bits per heavy atom. The number of hydrogen-bond acceptors (Lipinski definition) is 2. The van der Waals surface area contributed by atoms with Crippen LogP contribution in [0.4, 0.5) is 0 Å². The fourth-order valence-corrected chi connectivity index (χ4v) is 3.33. The van der Waals surface area contributed by atoms with Gasteiger partial charge in [-0.1, -0.05) is 84.2 Å². The molecule has 0 bridgehead atoms. The largest absolute Gasteiger partial charge is 0.455 e. The summed E-state index contributed by atoms with van der Waals surface area (Å²) in [7, 11) is -1.22. The van der Waals surface area contributed by atoms with Crippen LogP contribution in [-0.4, -0.2) is 17.2 Å². The van der Waals surface area contributed by atoms with E-state index in [1.54, 1.807) is 0 Å². The molecule has 3 heteroatoms. The number of allylic oxidation sites excluding steroid dienone is 12. The van der Waals surface area contributed by atoms with E-state index in [-0.39, 0.29) is 7.43 Å². The van der Waals surface area contributed by atoms with Crippen molar-refractivity contribution in [2.75, 3.05) is 0 Å². The van der Waals surface area contributed by atoms with Crippen molar-refractivity contribution in [3.63, 3.8) is 0 Å². The molecule has 0 aliphatic heterocycles. The summed E-state index contributed by atoms with van der Waals surface area (Å²) in [6.45, 7) is 19.5. The molecule has 0 rings (SSSR count). The first-order valence-electron chi connectivity index (χ1n) is 13.2. The topological polar surface area (TPSA) is 40.5 Å². The molecular weight excluding hydrogens is 427 g/mol. The van der Waals surface area contributed by atoms with Crippen molar-refractivity contribution in [3.05, 3.63) is 69.9 Å². The maximum atomic E-state index is 8.75. The van der Waals surface area contributed by atoms with Crippen molar-refractivity contribution < 1.29 is 10.0 Å². The highest BCUT2D eigenvalue weighted by Crippen LogP contribution is 2.13. The van der Waals surface area contributed by atoms with Crippen LogP contribution in [0.25, 0.3) is 0 Å². The highest BCUT2D eigenvalue weighted by Gasteiger charge is 2.02. The van der Waals surface area contributed by atoms with Gasteiger partial charge in [0.15, 0.2) is 0 Å². The molecule has 0 heterocycles. The Morgan fingerprint density at radius 2 is 0.829 bits per heavy atom. The zero-order valence-corrected chi connectivity index (χ0v) is 24.0. The highest BCUT2D eigenvalue weighted by molar-refractivity contribution is 6.41. The normalized spacial score (nSPS) is 12.3. The molecule has 0 amide bonds. The van der Waals surface area contributed by atoms with Gasteiger partial charge < -0.3 is 10.0 Å². The van der Waals surface area contributed by atoms with E-state index in [1.165, 1.54) is 59.1 Å². The van der Waals surface area contributed by atoms with Crippen LogP contribution in [0.2, 0.25) is 6.32 Å². The second-order valence-corrected chi connectivity index (χ2v) is 10.0. The van der Waals surface area contributed by atoms with Gasteiger partial charge in [0, 0.05) is 6.32 Å². The van der Waals surface area contributed by atoms with Gasteiger partial charge in [-0.15, -0.1) is 0 Å². The lowest BCUT2D eigenvalue weighted by molar-refractivity contribution is 0.411. The van der Waals surface area contributed by atoms with Crippen LogP contribution in [-0.2, 0) is 0 Å². The van der Waals surface area contributed by atoms with E-state index in [4.69, 9.17) is 10.0 Å². The van der Waals surface area contributed by atoms with Crippen molar-refractivity contribution in [1.29, 1.82) is 0 Å². The third kappa shape index (κ3) is 32.4. The molecule has 0 aromatic carbocycles. The summed E-state index contributed by atoms with van der Waals surface area (Å²) in [6, 6.07) is 0. The molecule has 35 heavy (non-hydrogen) atoms. The fourth-order valence-electron chi connectivity index (χ4n) is 3.33. The zero-order valence-electron chi connectivity index (χ0n) is 24.0. The van der Waals surface area contributed by atoms with Gasteiger partial charge in [0.25, 0.3) is 0 Å². The lowest BCUT2D eigenvalue weighted by Gasteiger charge is -2.01. The first-order valence-corrected chi connectivity index (χ1v) is 13.2. The van der Waals surface area contributed by atoms with E-state index in [0.29, 0.717) is 6.32 Å². The van der Waals surface area contributed by atoms with Gasteiger partial charge in [0.2, 0.25) is 0 Å². The standard InChI is InChI=1S/C16H28.C15H27BO2.CH4/c1-6-9-15(4)12-8-13-16(5)11-7-10-14(2)3;1-13(2)7-5-8-14(3)9-6-10-15(4)11-12-16(17)18;/h9-10,13H,6-8,11-12H2,1-5H3;7,9,11,17-18H,5-6,8,10,12H2,1-4H3;1H4/b15-9+,16-13+;14-9+,15-11+;. The van der Waals surface area contributed by atoms with Gasteiger partial charge in [0.05, 0.1) is 0 Å². The summed E-state index contributed by atoms with van der Waals surface area (Å²) in [5, 5.41) is 17.5. The van der Waals surface area contributed by atoms with Crippen molar-refractivity contribution in [2.45, 2.75) is 134 Å². The molecule has 0 atom stereocenters. The van der Waals surface area contributed by atoms with Crippen LogP contribution in [0.15, 0.2) is 69.9 Å². The minimum atomic E-state index is -1.22. The number of hydrogen-bond donors (Lipinski definition) is 2. The Labute approximate surface area is 220 Å². The van der Waals surface area contributed by atoms with Gasteiger partial charge >= 0.3 is 7.12 Å². The van der Waals surface area contributed by atoms with Crippen LogP contribution < -0.4 is 0 Å². The van der Waals surface area contributed by atoms with E-state index < -0.39 is 7.12 Å². The summed E-state index contributed by atoms with van der Waals surface area (Å²) in [4.78, 5) is 0. The molecule has 0 aromatic heterocycles. The molecule has 0 saturated carbocycles. The molecule has 202 valence electrons. The van der Waals surface area contributed by atoms with Crippen LogP contribution in [0, 0.1) is 0 Å². The molecule has 0 saturated heterocycles. The Hall–Kier alpha value is -1.58. The quantitative estimate of drug-likeness (QED) is 0.178. The van der Waals surface area contributed by atoms with Crippen LogP contribution in [0.3, 0.4) is 0 Å². The van der Waals surface area contributed by atoms with Crippen molar-refractivity contribution in [2.24, 2.45) is 0 Å². The van der Waals surface area contributed by atoms with Gasteiger partial charge in [0.1, 0.15) is 0 Å². The van der Waals surface area contributed by atoms with Crippen molar-refractivity contribution in [3.8, 4) is 0 Å². The third-order valence-electron chi connectivity index (χ3n) is 5.48. The van der Waals surface area contributed by atoms with Gasteiger partial charge in [-0.25, -0.2) is 0 Å². The molecule has 2 N–H and O–H groups in total. The molecule has 0 aliphatic rings. The second-order valence-electron chi connectivity index (χ2n) is 10.0. The van der Waals surface area contributed by atoms with Crippen molar-refractivity contribution in [1.82, 2.24) is 0 Å².